The third kappa shape index (κ3) is 4.72. The molecule has 0 amide bonds. The van der Waals surface area contributed by atoms with Crippen LogP contribution in [0, 0.1) is 0 Å². The molecule has 4 nitrogen and oxygen atoms in total. The molecule has 0 unspecified atom stereocenters. The highest BCUT2D eigenvalue weighted by molar-refractivity contribution is 7.88. The second kappa shape index (κ2) is 6.99. The third-order valence-electron chi connectivity index (χ3n) is 2.86. The largest absolute Gasteiger partial charge is 0.326 e. The highest BCUT2D eigenvalue weighted by atomic mass is 32.2. The maximum Gasteiger partial charge on any atom is 0.215 e. The van der Waals surface area contributed by atoms with Gasteiger partial charge in [0.25, 0.3) is 0 Å². The molecule has 0 aliphatic heterocycles. The van der Waals surface area contributed by atoms with Gasteiger partial charge in [0, 0.05) is 18.0 Å². The van der Waals surface area contributed by atoms with Crippen LogP contribution in [0.25, 0.3) is 0 Å². The SMILES string of the molecule is NCc1cccc(CS(=O)(=O)NCCc2cccs2)c1. The lowest BCUT2D eigenvalue weighted by Crippen LogP contribution is -2.27. The summed E-state index contributed by atoms with van der Waals surface area (Å²) in [4.78, 5) is 1.18. The fraction of sp³-hybridized carbons (Fsp3) is 0.286. The Morgan fingerprint density at radius 2 is 1.95 bits per heavy atom. The molecule has 0 aliphatic carbocycles. The smallest absolute Gasteiger partial charge is 0.215 e. The molecule has 0 fully saturated rings. The summed E-state index contributed by atoms with van der Waals surface area (Å²) in [5.74, 6) is -0.00865. The standard InChI is InChI=1S/C14H18N2O2S2/c15-10-12-3-1-4-13(9-12)11-20(17,18)16-7-6-14-5-2-8-19-14/h1-5,8-9,16H,6-7,10-11,15H2. The van der Waals surface area contributed by atoms with Gasteiger partial charge in [-0.15, -0.1) is 11.3 Å². The summed E-state index contributed by atoms with van der Waals surface area (Å²) >= 11 is 1.63. The van der Waals surface area contributed by atoms with E-state index >= 15 is 0 Å². The normalized spacial score (nSPS) is 11.7. The van der Waals surface area contributed by atoms with Crippen molar-refractivity contribution >= 4 is 21.4 Å². The molecule has 0 saturated carbocycles. The molecule has 2 rings (SSSR count). The van der Waals surface area contributed by atoms with Gasteiger partial charge < -0.3 is 5.73 Å². The quantitative estimate of drug-likeness (QED) is 0.820. The van der Waals surface area contributed by atoms with Crippen LogP contribution in [0.15, 0.2) is 41.8 Å². The molecule has 20 heavy (non-hydrogen) atoms. The van der Waals surface area contributed by atoms with E-state index in [1.54, 1.807) is 17.4 Å². The first kappa shape index (κ1) is 15.2. The average Bonchev–Trinajstić information content (AvgIpc) is 2.91. The Hall–Kier alpha value is -1.21. The number of sulfonamides is 1. The first-order valence-electron chi connectivity index (χ1n) is 6.37. The summed E-state index contributed by atoms with van der Waals surface area (Å²) in [5, 5.41) is 1.99. The summed E-state index contributed by atoms with van der Waals surface area (Å²) in [6.07, 6.45) is 0.722. The topological polar surface area (TPSA) is 72.2 Å². The molecule has 0 radical (unpaired) electrons. The van der Waals surface area contributed by atoms with E-state index in [-0.39, 0.29) is 5.75 Å². The lowest BCUT2D eigenvalue weighted by atomic mass is 10.1. The molecule has 6 heteroatoms. The Bertz CT molecular complexity index is 637. The highest BCUT2D eigenvalue weighted by Crippen LogP contribution is 2.10. The predicted octanol–water partition coefficient (Wildman–Crippen LogP) is 1.87. The van der Waals surface area contributed by atoms with Crippen molar-refractivity contribution in [1.29, 1.82) is 0 Å². The molecule has 1 aromatic heterocycles. The van der Waals surface area contributed by atoms with Gasteiger partial charge in [-0.1, -0.05) is 30.3 Å². The van der Waals surface area contributed by atoms with Crippen LogP contribution < -0.4 is 10.5 Å². The van der Waals surface area contributed by atoms with Crippen molar-refractivity contribution in [1.82, 2.24) is 4.72 Å². The van der Waals surface area contributed by atoms with Crippen LogP contribution in [0.4, 0.5) is 0 Å². The van der Waals surface area contributed by atoms with E-state index < -0.39 is 10.0 Å². The molecule has 0 bridgehead atoms. The first-order valence-corrected chi connectivity index (χ1v) is 8.90. The van der Waals surface area contributed by atoms with Crippen molar-refractivity contribution in [2.45, 2.75) is 18.7 Å². The highest BCUT2D eigenvalue weighted by Gasteiger charge is 2.11. The van der Waals surface area contributed by atoms with Crippen LogP contribution >= 0.6 is 11.3 Å². The van der Waals surface area contributed by atoms with E-state index in [4.69, 9.17) is 5.73 Å². The molecular formula is C14H18N2O2S2. The summed E-state index contributed by atoms with van der Waals surface area (Å²) in [5.41, 5.74) is 7.25. The zero-order valence-corrected chi connectivity index (χ0v) is 12.7. The minimum Gasteiger partial charge on any atom is -0.326 e. The summed E-state index contributed by atoms with van der Waals surface area (Å²) in [7, 11) is -3.30. The summed E-state index contributed by atoms with van der Waals surface area (Å²) < 4.78 is 26.6. The molecule has 108 valence electrons. The van der Waals surface area contributed by atoms with Gasteiger partial charge in [-0.2, -0.15) is 0 Å². The molecule has 3 N–H and O–H groups in total. The minimum absolute atomic E-state index is 0.00865. The fourth-order valence-corrected chi connectivity index (χ4v) is 3.74. The van der Waals surface area contributed by atoms with Crippen LogP contribution in [-0.2, 0) is 28.7 Å². The van der Waals surface area contributed by atoms with E-state index in [0.717, 1.165) is 17.5 Å². The number of thiophene rings is 1. The second-order valence-corrected chi connectivity index (χ2v) is 7.35. The van der Waals surface area contributed by atoms with Gasteiger partial charge in [-0.05, 0) is 29.0 Å². The van der Waals surface area contributed by atoms with Gasteiger partial charge >= 0.3 is 0 Å². The lowest BCUT2D eigenvalue weighted by molar-refractivity contribution is 0.581. The van der Waals surface area contributed by atoms with Crippen LogP contribution in [0.5, 0.6) is 0 Å². The van der Waals surface area contributed by atoms with Gasteiger partial charge in [0.05, 0.1) is 5.75 Å². The molecule has 0 aliphatic rings. The van der Waals surface area contributed by atoms with Gasteiger partial charge in [-0.25, -0.2) is 13.1 Å². The van der Waals surface area contributed by atoms with Crippen molar-refractivity contribution in [2.75, 3.05) is 6.54 Å². The van der Waals surface area contributed by atoms with E-state index in [1.807, 2.05) is 35.7 Å². The monoisotopic (exact) mass is 310 g/mol. The predicted molar refractivity (Wildman–Crippen MR) is 83.0 cm³/mol. The number of nitrogens with one attached hydrogen (secondary N) is 1. The van der Waals surface area contributed by atoms with Crippen molar-refractivity contribution in [2.24, 2.45) is 5.73 Å². The Morgan fingerprint density at radius 1 is 1.15 bits per heavy atom. The van der Waals surface area contributed by atoms with Gasteiger partial charge in [0.1, 0.15) is 0 Å². The molecular weight excluding hydrogens is 292 g/mol. The maximum absolute atomic E-state index is 12.0. The van der Waals surface area contributed by atoms with Gasteiger partial charge in [0.15, 0.2) is 0 Å². The molecule has 1 aromatic carbocycles. The summed E-state index contributed by atoms with van der Waals surface area (Å²) in [6, 6.07) is 11.3. The molecule has 0 spiro atoms. The summed E-state index contributed by atoms with van der Waals surface area (Å²) in [6.45, 7) is 0.846. The van der Waals surface area contributed by atoms with Crippen LogP contribution in [-0.4, -0.2) is 15.0 Å². The molecule has 2 aromatic rings. The maximum atomic E-state index is 12.0. The van der Waals surface area contributed by atoms with Crippen LogP contribution in [0.1, 0.15) is 16.0 Å². The molecule has 0 saturated heterocycles. The molecule has 0 atom stereocenters. The Morgan fingerprint density at radius 3 is 2.65 bits per heavy atom. The van der Waals surface area contributed by atoms with Gasteiger partial charge in [-0.3, -0.25) is 0 Å². The zero-order valence-electron chi connectivity index (χ0n) is 11.1. The number of hydrogen-bond donors (Lipinski definition) is 2. The van der Waals surface area contributed by atoms with Gasteiger partial charge in [0.2, 0.25) is 10.0 Å². The lowest BCUT2D eigenvalue weighted by Gasteiger charge is -2.07. The van der Waals surface area contributed by atoms with Crippen LogP contribution in [0.3, 0.4) is 0 Å². The van der Waals surface area contributed by atoms with Crippen LogP contribution in [0.2, 0.25) is 0 Å². The van der Waals surface area contributed by atoms with Crippen molar-refractivity contribution in [3.8, 4) is 0 Å². The van der Waals surface area contributed by atoms with Crippen molar-refractivity contribution in [3.63, 3.8) is 0 Å². The Labute approximate surface area is 123 Å². The number of benzene rings is 1. The fourth-order valence-electron chi connectivity index (χ4n) is 1.90. The van der Waals surface area contributed by atoms with Crippen molar-refractivity contribution < 1.29 is 8.42 Å². The number of hydrogen-bond acceptors (Lipinski definition) is 4. The average molecular weight is 310 g/mol. The third-order valence-corrected chi connectivity index (χ3v) is 5.15. The first-order chi connectivity index (χ1) is 9.59. The van der Waals surface area contributed by atoms with Crippen molar-refractivity contribution in [3.05, 3.63) is 57.8 Å². The molecule has 1 heterocycles. The van der Waals surface area contributed by atoms with E-state index in [2.05, 4.69) is 4.72 Å². The number of rotatable bonds is 7. The van der Waals surface area contributed by atoms with E-state index in [9.17, 15) is 8.42 Å². The Kier molecular flexibility index (Phi) is 5.31. The minimum atomic E-state index is -3.30. The Balaban J connectivity index is 1.89. The van der Waals surface area contributed by atoms with E-state index in [0.29, 0.717) is 13.1 Å². The number of nitrogens with two attached hydrogens (primary N) is 1. The second-order valence-electron chi connectivity index (χ2n) is 4.51. The zero-order chi connectivity index (χ0) is 14.4. The van der Waals surface area contributed by atoms with E-state index in [1.165, 1.54) is 4.88 Å².